The van der Waals surface area contributed by atoms with Crippen LogP contribution in [0.2, 0.25) is 0 Å². The quantitative estimate of drug-likeness (QED) is 0.439. The van der Waals surface area contributed by atoms with Gasteiger partial charge in [0.25, 0.3) is 0 Å². The van der Waals surface area contributed by atoms with Crippen molar-refractivity contribution in [3.63, 3.8) is 0 Å². The normalized spacial score (nSPS) is 14.2. The summed E-state index contributed by atoms with van der Waals surface area (Å²) >= 11 is 0. The Labute approximate surface area is 69.5 Å². The van der Waals surface area contributed by atoms with E-state index in [1.807, 2.05) is 6.08 Å². The summed E-state index contributed by atoms with van der Waals surface area (Å²) in [6.45, 7) is 6.71. The number of aldehydes is 1. The van der Waals surface area contributed by atoms with Crippen molar-refractivity contribution in [2.24, 2.45) is 11.8 Å². The lowest BCUT2D eigenvalue weighted by Crippen LogP contribution is -2.02. The third-order valence-corrected chi connectivity index (χ3v) is 2.14. The molecule has 0 saturated carbocycles. The fourth-order valence-corrected chi connectivity index (χ4v) is 0.844. The summed E-state index contributed by atoms with van der Waals surface area (Å²) in [6, 6.07) is 0. The van der Waals surface area contributed by atoms with E-state index in [4.69, 9.17) is 0 Å². The van der Waals surface area contributed by atoms with E-state index in [1.54, 1.807) is 6.08 Å². The molecule has 11 heavy (non-hydrogen) atoms. The first kappa shape index (κ1) is 10.4. The van der Waals surface area contributed by atoms with Gasteiger partial charge in [-0.1, -0.05) is 26.8 Å². The number of rotatable bonds is 5. The minimum Gasteiger partial charge on any atom is -0.299 e. The maximum absolute atomic E-state index is 9.90. The third kappa shape index (κ3) is 5.84. The van der Waals surface area contributed by atoms with Crippen LogP contribution >= 0.6 is 0 Å². The number of hydrogen-bond donors (Lipinski definition) is 0. The van der Waals surface area contributed by atoms with Gasteiger partial charge in [0.1, 0.15) is 6.29 Å². The highest BCUT2D eigenvalue weighted by Crippen LogP contribution is 2.15. The Morgan fingerprint density at radius 2 is 1.91 bits per heavy atom. The van der Waals surface area contributed by atoms with Crippen LogP contribution < -0.4 is 0 Å². The van der Waals surface area contributed by atoms with Gasteiger partial charge in [0.2, 0.25) is 0 Å². The molecule has 1 heteroatoms. The van der Waals surface area contributed by atoms with E-state index in [-0.39, 0.29) is 0 Å². The summed E-state index contributed by atoms with van der Waals surface area (Å²) < 4.78 is 0. The van der Waals surface area contributed by atoms with E-state index in [0.717, 1.165) is 24.5 Å². The van der Waals surface area contributed by atoms with E-state index in [2.05, 4.69) is 20.8 Å². The van der Waals surface area contributed by atoms with Gasteiger partial charge >= 0.3 is 0 Å². The summed E-state index contributed by atoms with van der Waals surface area (Å²) in [5.74, 6) is 1.51. The Hall–Kier alpha value is -0.590. The van der Waals surface area contributed by atoms with Crippen LogP contribution in [0, 0.1) is 11.8 Å². The molecule has 0 aliphatic heterocycles. The summed E-state index contributed by atoms with van der Waals surface area (Å²) in [4.78, 5) is 9.90. The van der Waals surface area contributed by atoms with Crippen LogP contribution in [0.25, 0.3) is 0 Å². The molecule has 0 aliphatic carbocycles. The lowest BCUT2D eigenvalue weighted by molar-refractivity contribution is -0.104. The number of carbonyl (C=O) groups excluding carboxylic acids is 1. The number of allylic oxidation sites excluding steroid dienone is 2. The Morgan fingerprint density at radius 1 is 1.27 bits per heavy atom. The van der Waals surface area contributed by atoms with Gasteiger partial charge in [0.15, 0.2) is 0 Å². The first-order chi connectivity index (χ1) is 5.18. The molecule has 1 unspecified atom stereocenters. The van der Waals surface area contributed by atoms with Crippen LogP contribution in [0.1, 0.15) is 33.6 Å². The van der Waals surface area contributed by atoms with Crippen molar-refractivity contribution in [1.82, 2.24) is 0 Å². The number of carbonyl (C=O) groups is 1. The van der Waals surface area contributed by atoms with Crippen LogP contribution in [0.3, 0.4) is 0 Å². The molecule has 0 N–H and O–H groups in total. The van der Waals surface area contributed by atoms with Crippen LogP contribution in [-0.2, 0) is 4.79 Å². The highest BCUT2D eigenvalue weighted by atomic mass is 16.1. The van der Waals surface area contributed by atoms with Crippen LogP contribution in [0.4, 0.5) is 0 Å². The van der Waals surface area contributed by atoms with E-state index in [1.165, 1.54) is 6.42 Å². The molecule has 0 aromatic rings. The largest absolute Gasteiger partial charge is 0.299 e. The van der Waals surface area contributed by atoms with Gasteiger partial charge in [0.05, 0.1) is 0 Å². The fraction of sp³-hybridized carbons (Fsp3) is 0.700. The van der Waals surface area contributed by atoms with Gasteiger partial charge in [-0.2, -0.15) is 0 Å². The molecular weight excluding hydrogens is 136 g/mol. The predicted molar refractivity (Wildman–Crippen MR) is 48.4 cm³/mol. The van der Waals surface area contributed by atoms with E-state index in [0.29, 0.717) is 0 Å². The van der Waals surface area contributed by atoms with Crippen molar-refractivity contribution >= 4 is 6.29 Å². The minimum absolute atomic E-state index is 0.750. The van der Waals surface area contributed by atoms with E-state index in [9.17, 15) is 4.79 Å². The fourth-order valence-electron chi connectivity index (χ4n) is 0.844. The summed E-state index contributed by atoms with van der Waals surface area (Å²) in [7, 11) is 0. The van der Waals surface area contributed by atoms with Gasteiger partial charge in [0, 0.05) is 0 Å². The second-order valence-corrected chi connectivity index (χ2v) is 3.36. The molecule has 0 spiro atoms. The average molecular weight is 154 g/mol. The zero-order valence-electron chi connectivity index (χ0n) is 7.71. The molecule has 64 valence electrons. The Kier molecular flexibility index (Phi) is 5.81. The molecule has 0 amide bonds. The Balaban J connectivity index is 3.38. The summed E-state index contributed by atoms with van der Waals surface area (Å²) in [6.07, 6.45) is 6.55. The molecule has 0 rings (SSSR count). The van der Waals surface area contributed by atoms with Crippen molar-refractivity contribution in [3.8, 4) is 0 Å². The zero-order chi connectivity index (χ0) is 8.69. The standard InChI is InChI=1S/C10H18O/c1-9(2)10(3)7-5-4-6-8-11/h4,6,8-10H,5,7H2,1-3H3/b6-4+. The molecule has 0 radical (unpaired) electrons. The van der Waals surface area contributed by atoms with Crippen molar-refractivity contribution in [2.45, 2.75) is 33.6 Å². The molecule has 0 aromatic carbocycles. The highest BCUT2D eigenvalue weighted by molar-refractivity contribution is 5.64. The molecule has 0 aliphatic rings. The first-order valence-corrected chi connectivity index (χ1v) is 4.28. The minimum atomic E-state index is 0.750. The Bertz CT molecular complexity index is 125. The summed E-state index contributed by atoms with van der Waals surface area (Å²) in [5, 5.41) is 0. The van der Waals surface area contributed by atoms with Crippen LogP contribution in [0.15, 0.2) is 12.2 Å². The van der Waals surface area contributed by atoms with Crippen LogP contribution in [-0.4, -0.2) is 6.29 Å². The molecule has 0 bridgehead atoms. The second kappa shape index (κ2) is 6.14. The van der Waals surface area contributed by atoms with E-state index >= 15 is 0 Å². The monoisotopic (exact) mass is 154 g/mol. The molecule has 1 nitrogen and oxygen atoms in total. The maximum Gasteiger partial charge on any atom is 0.142 e. The lowest BCUT2D eigenvalue weighted by Gasteiger charge is -2.13. The molecule has 0 saturated heterocycles. The van der Waals surface area contributed by atoms with Crippen molar-refractivity contribution in [3.05, 3.63) is 12.2 Å². The third-order valence-electron chi connectivity index (χ3n) is 2.14. The maximum atomic E-state index is 9.90. The van der Waals surface area contributed by atoms with E-state index < -0.39 is 0 Å². The predicted octanol–water partition coefficient (Wildman–Crippen LogP) is 2.81. The van der Waals surface area contributed by atoms with Crippen molar-refractivity contribution < 1.29 is 4.79 Å². The topological polar surface area (TPSA) is 17.1 Å². The van der Waals surface area contributed by atoms with Gasteiger partial charge in [-0.3, -0.25) is 4.79 Å². The van der Waals surface area contributed by atoms with Gasteiger partial charge in [-0.25, -0.2) is 0 Å². The van der Waals surface area contributed by atoms with Crippen molar-refractivity contribution in [2.75, 3.05) is 0 Å². The molecule has 1 atom stereocenters. The second-order valence-electron chi connectivity index (χ2n) is 3.36. The van der Waals surface area contributed by atoms with Crippen LogP contribution in [0.5, 0.6) is 0 Å². The summed E-state index contributed by atoms with van der Waals surface area (Å²) in [5.41, 5.74) is 0. The highest BCUT2D eigenvalue weighted by Gasteiger charge is 2.04. The molecular formula is C10H18O. The average Bonchev–Trinajstić information content (AvgIpc) is 1.97. The first-order valence-electron chi connectivity index (χ1n) is 4.28. The van der Waals surface area contributed by atoms with Gasteiger partial charge < -0.3 is 0 Å². The smallest absolute Gasteiger partial charge is 0.142 e. The van der Waals surface area contributed by atoms with Crippen molar-refractivity contribution in [1.29, 1.82) is 0 Å². The molecule has 0 heterocycles. The number of hydrogen-bond acceptors (Lipinski definition) is 1. The zero-order valence-corrected chi connectivity index (χ0v) is 7.71. The van der Waals surface area contributed by atoms with Gasteiger partial charge in [-0.05, 0) is 30.8 Å². The molecule has 0 aromatic heterocycles. The SMILES string of the molecule is CC(C)C(C)CC/C=C/C=O. The van der Waals surface area contributed by atoms with Gasteiger partial charge in [-0.15, -0.1) is 0 Å². The Morgan fingerprint density at radius 3 is 2.36 bits per heavy atom. The lowest BCUT2D eigenvalue weighted by atomic mass is 9.93. The molecule has 0 fully saturated rings.